The van der Waals surface area contributed by atoms with Gasteiger partial charge in [-0.05, 0) is 37.3 Å². The van der Waals surface area contributed by atoms with Crippen LogP contribution < -0.4 is 5.56 Å². The van der Waals surface area contributed by atoms with Gasteiger partial charge in [0.25, 0.3) is 5.56 Å². The smallest absolute Gasteiger partial charge is 0.253 e. The van der Waals surface area contributed by atoms with Crippen molar-refractivity contribution in [3.63, 3.8) is 0 Å². The van der Waals surface area contributed by atoms with Gasteiger partial charge in [-0.2, -0.15) is 0 Å². The third-order valence-corrected chi connectivity index (χ3v) is 3.95. The summed E-state index contributed by atoms with van der Waals surface area (Å²) in [6.07, 6.45) is 3.93. The summed E-state index contributed by atoms with van der Waals surface area (Å²) in [7, 11) is 1.79. The van der Waals surface area contributed by atoms with Crippen LogP contribution in [0, 0.1) is 12.8 Å². The Morgan fingerprint density at radius 3 is 2.71 bits per heavy atom. The fraction of sp³-hybridized carbons (Fsp3) is 0.643. The summed E-state index contributed by atoms with van der Waals surface area (Å²) in [4.78, 5) is 12.0. The SMILES string of the molecule is Cc1c(C2(C(C)C)CCCO2)ccn(C)c1=O. The van der Waals surface area contributed by atoms with Gasteiger partial charge in [0.2, 0.25) is 0 Å². The Balaban J connectivity index is 2.59. The van der Waals surface area contributed by atoms with Crippen LogP contribution in [0.1, 0.15) is 37.8 Å². The molecule has 3 nitrogen and oxygen atoms in total. The van der Waals surface area contributed by atoms with Crippen molar-refractivity contribution in [2.75, 3.05) is 6.61 Å². The molecule has 1 saturated heterocycles. The van der Waals surface area contributed by atoms with Gasteiger partial charge in [-0.25, -0.2) is 0 Å². The predicted octanol–water partition coefficient (Wildman–Crippen LogP) is 2.36. The number of aromatic nitrogens is 1. The largest absolute Gasteiger partial charge is 0.370 e. The lowest BCUT2D eigenvalue weighted by Gasteiger charge is -2.34. The van der Waals surface area contributed by atoms with Crippen LogP contribution in [0.25, 0.3) is 0 Å². The maximum absolute atomic E-state index is 12.0. The first-order valence-electron chi connectivity index (χ1n) is 6.29. The van der Waals surface area contributed by atoms with Gasteiger partial charge in [-0.15, -0.1) is 0 Å². The van der Waals surface area contributed by atoms with E-state index in [4.69, 9.17) is 4.74 Å². The maximum atomic E-state index is 12.0. The summed E-state index contributed by atoms with van der Waals surface area (Å²) in [5.41, 5.74) is 1.73. The zero-order valence-corrected chi connectivity index (χ0v) is 11.1. The lowest BCUT2D eigenvalue weighted by atomic mass is 9.79. The summed E-state index contributed by atoms with van der Waals surface area (Å²) in [5, 5.41) is 0. The second kappa shape index (κ2) is 4.30. The van der Waals surface area contributed by atoms with E-state index in [9.17, 15) is 4.79 Å². The van der Waals surface area contributed by atoms with Gasteiger partial charge in [0.15, 0.2) is 0 Å². The Morgan fingerprint density at radius 2 is 2.18 bits per heavy atom. The molecule has 1 aromatic heterocycles. The number of aryl methyl sites for hydroxylation is 1. The highest BCUT2D eigenvalue weighted by molar-refractivity contribution is 5.30. The van der Waals surface area contributed by atoms with Gasteiger partial charge in [0.05, 0.1) is 5.60 Å². The van der Waals surface area contributed by atoms with Crippen molar-refractivity contribution in [3.8, 4) is 0 Å². The van der Waals surface area contributed by atoms with Crippen LogP contribution >= 0.6 is 0 Å². The highest BCUT2D eigenvalue weighted by Gasteiger charge is 2.41. The fourth-order valence-corrected chi connectivity index (χ4v) is 2.86. The van der Waals surface area contributed by atoms with Crippen LogP contribution in [-0.2, 0) is 17.4 Å². The van der Waals surface area contributed by atoms with Crippen LogP contribution in [0.15, 0.2) is 17.1 Å². The summed E-state index contributed by atoms with van der Waals surface area (Å²) in [6.45, 7) is 7.04. The van der Waals surface area contributed by atoms with E-state index in [2.05, 4.69) is 13.8 Å². The van der Waals surface area contributed by atoms with Gasteiger partial charge >= 0.3 is 0 Å². The maximum Gasteiger partial charge on any atom is 0.253 e. The van der Waals surface area contributed by atoms with E-state index in [1.807, 2.05) is 19.2 Å². The van der Waals surface area contributed by atoms with Gasteiger partial charge in [-0.1, -0.05) is 13.8 Å². The second-order valence-corrected chi connectivity index (χ2v) is 5.27. The Bertz CT molecular complexity index is 468. The van der Waals surface area contributed by atoms with Crippen molar-refractivity contribution < 1.29 is 4.74 Å². The second-order valence-electron chi connectivity index (χ2n) is 5.27. The van der Waals surface area contributed by atoms with E-state index >= 15 is 0 Å². The molecule has 0 bridgehead atoms. The zero-order chi connectivity index (χ0) is 12.6. The molecule has 1 aliphatic rings. The first-order chi connectivity index (χ1) is 7.99. The molecule has 1 aromatic rings. The topological polar surface area (TPSA) is 31.2 Å². The number of ether oxygens (including phenoxy) is 1. The van der Waals surface area contributed by atoms with E-state index in [0.29, 0.717) is 5.92 Å². The molecule has 0 spiro atoms. The molecule has 1 unspecified atom stereocenters. The quantitative estimate of drug-likeness (QED) is 0.788. The van der Waals surface area contributed by atoms with Crippen molar-refractivity contribution in [1.82, 2.24) is 4.57 Å². The molecule has 0 N–H and O–H groups in total. The number of nitrogens with zero attached hydrogens (tertiary/aromatic N) is 1. The van der Waals surface area contributed by atoms with E-state index < -0.39 is 0 Å². The normalized spacial score (nSPS) is 24.5. The van der Waals surface area contributed by atoms with Crippen molar-refractivity contribution in [2.24, 2.45) is 13.0 Å². The molecule has 2 rings (SSSR count). The molecule has 3 heteroatoms. The molecule has 94 valence electrons. The van der Waals surface area contributed by atoms with E-state index in [0.717, 1.165) is 30.6 Å². The molecule has 0 aliphatic carbocycles. The Kier molecular flexibility index (Phi) is 3.13. The van der Waals surface area contributed by atoms with Crippen molar-refractivity contribution in [1.29, 1.82) is 0 Å². The molecule has 0 aromatic carbocycles. The highest BCUT2D eigenvalue weighted by Crippen LogP contribution is 2.42. The summed E-state index contributed by atoms with van der Waals surface area (Å²) in [6, 6.07) is 2.04. The van der Waals surface area contributed by atoms with E-state index in [1.165, 1.54) is 0 Å². The molecule has 0 amide bonds. The minimum Gasteiger partial charge on any atom is -0.370 e. The van der Waals surface area contributed by atoms with Crippen LogP contribution in [0.4, 0.5) is 0 Å². The number of hydrogen-bond acceptors (Lipinski definition) is 2. The summed E-state index contributed by atoms with van der Waals surface area (Å²) < 4.78 is 7.64. The average molecular weight is 235 g/mol. The van der Waals surface area contributed by atoms with Crippen LogP contribution in [0.5, 0.6) is 0 Å². The number of hydrogen-bond donors (Lipinski definition) is 0. The van der Waals surface area contributed by atoms with E-state index in [-0.39, 0.29) is 11.2 Å². The lowest BCUT2D eigenvalue weighted by Crippen LogP contribution is -2.35. The van der Waals surface area contributed by atoms with Crippen LogP contribution in [-0.4, -0.2) is 11.2 Å². The van der Waals surface area contributed by atoms with Crippen molar-refractivity contribution >= 4 is 0 Å². The molecular formula is C14H21NO2. The standard InChI is InChI=1S/C14H21NO2/c1-10(2)14(7-5-9-17-14)12-6-8-15(4)13(16)11(12)3/h6,8,10H,5,7,9H2,1-4H3. The molecule has 1 aliphatic heterocycles. The van der Waals surface area contributed by atoms with Crippen molar-refractivity contribution in [3.05, 3.63) is 33.7 Å². The van der Waals surface area contributed by atoms with Crippen LogP contribution in [0.3, 0.4) is 0 Å². The Labute approximate surface area is 102 Å². The van der Waals surface area contributed by atoms with Crippen LogP contribution in [0.2, 0.25) is 0 Å². The van der Waals surface area contributed by atoms with Gasteiger partial charge in [-0.3, -0.25) is 4.79 Å². The minimum atomic E-state index is -0.252. The number of pyridine rings is 1. The van der Waals surface area contributed by atoms with Gasteiger partial charge < -0.3 is 9.30 Å². The predicted molar refractivity (Wildman–Crippen MR) is 68.1 cm³/mol. The number of rotatable bonds is 2. The molecule has 17 heavy (non-hydrogen) atoms. The van der Waals surface area contributed by atoms with E-state index in [1.54, 1.807) is 11.6 Å². The molecule has 1 fully saturated rings. The summed E-state index contributed by atoms with van der Waals surface area (Å²) >= 11 is 0. The first kappa shape index (κ1) is 12.4. The molecule has 0 saturated carbocycles. The third-order valence-electron chi connectivity index (χ3n) is 3.95. The fourth-order valence-electron chi connectivity index (χ4n) is 2.86. The van der Waals surface area contributed by atoms with Crippen molar-refractivity contribution in [2.45, 2.75) is 39.2 Å². The van der Waals surface area contributed by atoms with Gasteiger partial charge in [0.1, 0.15) is 0 Å². The third kappa shape index (κ3) is 1.82. The van der Waals surface area contributed by atoms with Gasteiger partial charge in [0, 0.05) is 25.4 Å². The summed E-state index contributed by atoms with van der Waals surface area (Å²) in [5.74, 6) is 0.385. The molecule has 1 atom stereocenters. The minimum absolute atomic E-state index is 0.0815. The lowest BCUT2D eigenvalue weighted by molar-refractivity contribution is -0.0388. The molecule has 2 heterocycles. The Hall–Kier alpha value is -1.09. The average Bonchev–Trinajstić information content (AvgIpc) is 2.76. The highest BCUT2D eigenvalue weighted by atomic mass is 16.5. The monoisotopic (exact) mass is 235 g/mol. The molecular weight excluding hydrogens is 214 g/mol. The first-order valence-corrected chi connectivity index (χ1v) is 6.29. The zero-order valence-electron chi connectivity index (χ0n) is 11.1. The Morgan fingerprint density at radius 1 is 1.47 bits per heavy atom. The molecule has 0 radical (unpaired) electrons.